The number of non-ortho nitro benzene ring substituents is 1. The van der Waals surface area contributed by atoms with Crippen molar-refractivity contribution < 1.29 is 14.5 Å². The maximum absolute atomic E-state index is 11.6. The van der Waals surface area contributed by atoms with Crippen molar-refractivity contribution in [2.75, 3.05) is 23.0 Å². The van der Waals surface area contributed by atoms with Crippen LogP contribution in [0.15, 0.2) is 35.3 Å². The minimum Gasteiger partial charge on any atom is -0.450 e. The van der Waals surface area contributed by atoms with Crippen LogP contribution in [0.4, 0.5) is 33.5 Å². The van der Waals surface area contributed by atoms with Crippen molar-refractivity contribution in [3.05, 3.63) is 46.0 Å². The molecule has 1 unspecified atom stereocenters. The lowest BCUT2D eigenvalue weighted by Crippen LogP contribution is -2.30. The molecule has 2 heterocycles. The van der Waals surface area contributed by atoms with Crippen LogP contribution in [0, 0.1) is 10.1 Å². The Morgan fingerprint density at radius 1 is 1.44 bits per heavy atom. The number of aliphatic imine (C=N–C) groups is 1. The zero-order valence-electron chi connectivity index (χ0n) is 14.7. The zero-order chi connectivity index (χ0) is 19.6. The summed E-state index contributed by atoms with van der Waals surface area (Å²) in [5, 5.41) is 16.7. The molecule has 1 aliphatic rings. The lowest BCUT2D eigenvalue weighted by Gasteiger charge is -2.25. The van der Waals surface area contributed by atoms with E-state index in [1.54, 1.807) is 25.1 Å². The van der Waals surface area contributed by atoms with E-state index in [4.69, 9.17) is 10.5 Å². The Kier molecular flexibility index (Phi) is 4.88. The maximum atomic E-state index is 11.6. The van der Waals surface area contributed by atoms with Gasteiger partial charge in [0.15, 0.2) is 5.82 Å². The highest BCUT2D eigenvalue weighted by molar-refractivity contribution is 6.10. The van der Waals surface area contributed by atoms with Crippen LogP contribution in [0.25, 0.3) is 0 Å². The van der Waals surface area contributed by atoms with Gasteiger partial charge in [-0.15, -0.1) is 0 Å². The fourth-order valence-electron chi connectivity index (χ4n) is 2.73. The van der Waals surface area contributed by atoms with Crippen molar-refractivity contribution >= 4 is 40.5 Å². The first kappa shape index (κ1) is 18.1. The topological polar surface area (TPSA) is 145 Å². The third-order valence-corrected chi connectivity index (χ3v) is 3.89. The second-order valence-corrected chi connectivity index (χ2v) is 5.80. The van der Waals surface area contributed by atoms with Gasteiger partial charge in [0.05, 0.1) is 29.0 Å². The number of amides is 1. The fraction of sp³-hybridized carbons (Fsp3) is 0.235. The van der Waals surface area contributed by atoms with Crippen LogP contribution in [-0.4, -0.2) is 34.4 Å². The standard InChI is InChI=1S/C17H18N6O4/c1-3-27-17(24)21-13-8-12-15(16(18)20-13)22-14(9(2)19-12)10-5-4-6-11(7-10)23(25)26/h4-9,19H,3H2,1-2H3,(H3,18,20,21,24). The second-order valence-electron chi connectivity index (χ2n) is 5.80. The van der Waals surface area contributed by atoms with E-state index in [0.29, 0.717) is 22.6 Å². The SMILES string of the molecule is CCOC(=O)Nc1cc2c(c(N)n1)N=C(c1cccc([N+](=O)[O-])c1)C(C)N2. The molecule has 1 atom stereocenters. The molecular formula is C17H18N6O4. The smallest absolute Gasteiger partial charge is 0.412 e. The van der Waals surface area contributed by atoms with Gasteiger partial charge < -0.3 is 15.8 Å². The molecule has 27 heavy (non-hydrogen) atoms. The van der Waals surface area contributed by atoms with Crippen LogP contribution in [0.1, 0.15) is 19.4 Å². The average molecular weight is 370 g/mol. The molecular weight excluding hydrogens is 352 g/mol. The number of nitrogens with two attached hydrogens (primary N) is 1. The van der Waals surface area contributed by atoms with E-state index in [2.05, 4.69) is 20.6 Å². The van der Waals surface area contributed by atoms with Crippen LogP contribution >= 0.6 is 0 Å². The molecule has 1 amide bonds. The number of pyridine rings is 1. The fourth-order valence-corrected chi connectivity index (χ4v) is 2.73. The van der Waals surface area contributed by atoms with E-state index < -0.39 is 11.0 Å². The Balaban J connectivity index is 1.98. The molecule has 0 spiro atoms. The van der Waals surface area contributed by atoms with Crippen molar-refractivity contribution in [1.82, 2.24) is 4.98 Å². The summed E-state index contributed by atoms with van der Waals surface area (Å²) >= 11 is 0. The van der Waals surface area contributed by atoms with E-state index in [1.165, 1.54) is 12.1 Å². The minimum atomic E-state index is -0.631. The third-order valence-electron chi connectivity index (χ3n) is 3.89. The molecule has 1 aromatic carbocycles. The molecule has 3 rings (SSSR count). The summed E-state index contributed by atoms with van der Waals surface area (Å²) < 4.78 is 4.82. The van der Waals surface area contributed by atoms with Crippen molar-refractivity contribution in [3.8, 4) is 0 Å². The highest BCUT2D eigenvalue weighted by atomic mass is 16.6. The number of nitro groups is 1. The largest absolute Gasteiger partial charge is 0.450 e. The van der Waals surface area contributed by atoms with Gasteiger partial charge in [0.2, 0.25) is 0 Å². The minimum absolute atomic E-state index is 0.0201. The summed E-state index contributed by atoms with van der Waals surface area (Å²) in [7, 11) is 0. The number of fused-ring (bicyclic) bond motifs is 1. The molecule has 0 radical (unpaired) electrons. The van der Waals surface area contributed by atoms with Gasteiger partial charge in [-0.05, 0) is 13.8 Å². The predicted octanol–water partition coefficient (Wildman–Crippen LogP) is 3.08. The number of aromatic nitrogens is 1. The summed E-state index contributed by atoms with van der Waals surface area (Å²) in [5.74, 6) is 0.347. The first-order valence-electron chi connectivity index (χ1n) is 8.23. The van der Waals surface area contributed by atoms with Gasteiger partial charge in [-0.3, -0.25) is 15.4 Å². The zero-order valence-corrected chi connectivity index (χ0v) is 14.7. The lowest BCUT2D eigenvalue weighted by atomic mass is 10.0. The van der Waals surface area contributed by atoms with Crippen LogP contribution in [0.3, 0.4) is 0 Å². The highest BCUT2D eigenvalue weighted by Crippen LogP contribution is 2.37. The number of ether oxygens (including phenoxy) is 1. The molecule has 2 aromatic rings. The van der Waals surface area contributed by atoms with Gasteiger partial charge in [-0.2, -0.15) is 0 Å². The van der Waals surface area contributed by atoms with Crippen LogP contribution in [-0.2, 0) is 4.74 Å². The number of benzene rings is 1. The van der Waals surface area contributed by atoms with Crippen molar-refractivity contribution in [2.45, 2.75) is 19.9 Å². The van der Waals surface area contributed by atoms with Gasteiger partial charge >= 0.3 is 6.09 Å². The van der Waals surface area contributed by atoms with Gasteiger partial charge in [0, 0.05) is 23.8 Å². The normalized spacial score (nSPS) is 15.2. The molecule has 10 nitrogen and oxygen atoms in total. The monoisotopic (exact) mass is 370 g/mol. The van der Waals surface area contributed by atoms with E-state index in [1.807, 2.05) is 6.92 Å². The molecule has 0 aliphatic carbocycles. The number of nitrogens with one attached hydrogen (secondary N) is 2. The Labute approximate surface area is 154 Å². The summed E-state index contributed by atoms with van der Waals surface area (Å²) in [6, 6.07) is 7.59. The Bertz CT molecular complexity index is 943. The first-order chi connectivity index (χ1) is 12.9. The third kappa shape index (κ3) is 3.78. The maximum Gasteiger partial charge on any atom is 0.412 e. The molecule has 0 fully saturated rings. The number of hydrogen-bond acceptors (Lipinski definition) is 8. The molecule has 0 saturated carbocycles. The molecule has 1 aromatic heterocycles. The molecule has 140 valence electrons. The van der Waals surface area contributed by atoms with E-state index >= 15 is 0 Å². The number of nitrogen functional groups attached to an aromatic ring is 1. The van der Waals surface area contributed by atoms with Gasteiger partial charge in [-0.25, -0.2) is 14.8 Å². The van der Waals surface area contributed by atoms with Crippen LogP contribution in [0.2, 0.25) is 0 Å². The molecule has 1 aliphatic heterocycles. The quantitative estimate of drug-likeness (QED) is 0.554. The summed E-state index contributed by atoms with van der Waals surface area (Å²) in [4.78, 5) is 30.8. The number of rotatable bonds is 4. The number of nitro benzene ring substituents is 1. The molecule has 0 bridgehead atoms. The Morgan fingerprint density at radius 2 is 2.22 bits per heavy atom. The molecule has 0 saturated heterocycles. The highest BCUT2D eigenvalue weighted by Gasteiger charge is 2.24. The number of anilines is 3. The Morgan fingerprint density at radius 3 is 2.93 bits per heavy atom. The first-order valence-corrected chi connectivity index (χ1v) is 8.23. The van der Waals surface area contributed by atoms with Crippen molar-refractivity contribution in [2.24, 2.45) is 4.99 Å². The van der Waals surface area contributed by atoms with E-state index in [-0.39, 0.29) is 30.0 Å². The number of carbonyl (C=O) groups excluding carboxylic acids is 1. The summed E-state index contributed by atoms with van der Waals surface area (Å²) in [6.45, 7) is 3.80. The molecule has 4 N–H and O–H groups in total. The Hall–Kier alpha value is -3.69. The summed E-state index contributed by atoms with van der Waals surface area (Å²) in [5.41, 5.74) is 8.19. The predicted molar refractivity (Wildman–Crippen MR) is 102 cm³/mol. The van der Waals surface area contributed by atoms with Crippen molar-refractivity contribution in [1.29, 1.82) is 0 Å². The average Bonchev–Trinajstić information content (AvgIpc) is 2.61. The number of carbonyl (C=O) groups is 1. The van der Waals surface area contributed by atoms with E-state index in [0.717, 1.165) is 0 Å². The lowest BCUT2D eigenvalue weighted by molar-refractivity contribution is -0.384. The number of nitrogens with zero attached hydrogens (tertiary/aromatic N) is 3. The van der Waals surface area contributed by atoms with Crippen LogP contribution < -0.4 is 16.4 Å². The van der Waals surface area contributed by atoms with Crippen molar-refractivity contribution in [3.63, 3.8) is 0 Å². The van der Waals surface area contributed by atoms with E-state index in [9.17, 15) is 14.9 Å². The second kappa shape index (κ2) is 7.28. The summed E-state index contributed by atoms with van der Waals surface area (Å²) in [6.07, 6.45) is -0.631. The van der Waals surface area contributed by atoms with Gasteiger partial charge in [0.1, 0.15) is 11.5 Å². The van der Waals surface area contributed by atoms with Gasteiger partial charge in [-0.1, -0.05) is 12.1 Å². The molecule has 10 heteroatoms. The van der Waals surface area contributed by atoms with Crippen LogP contribution in [0.5, 0.6) is 0 Å². The number of hydrogen-bond donors (Lipinski definition) is 3. The van der Waals surface area contributed by atoms with Gasteiger partial charge in [0.25, 0.3) is 5.69 Å².